The lowest BCUT2D eigenvalue weighted by Gasteiger charge is -2.04. The van der Waals surface area contributed by atoms with Crippen LogP contribution in [0.4, 0.5) is 0 Å². The quantitative estimate of drug-likeness (QED) is 0.602. The van der Waals surface area contributed by atoms with Crippen LogP contribution in [0.1, 0.15) is 11.1 Å². The van der Waals surface area contributed by atoms with E-state index in [0.717, 1.165) is 11.3 Å². The zero-order valence-electron chi connectivity index (χ0n) is 9.14. The molecular formula is C12H14N4. The molecule has 0 fully saturated rings. The van der Waals surface area contributed by atoms with Gasteiger partial charge in [-0.3, -0.25) is 5.41 Å². The molecule has 1 aromatic heterocycles. The summed E-state index contributed by atoms with van der Waals surface area (Å²) in [6, 6.07) is 8.04. The van der Waals surface area contributed by atoms with E-state index in [4.69, 9.17) is 11.1 Å². The van der Waals surface area contributed by atoms with Crippen molar-refractivity contribution in [3.8, 4) is 5.69 Å². The van der Waals surface area contributed by atoms with Crippen LogP contribution in [-0.2, 0) is 6.42 Å². The zero-order chi connectivity index (χ0) is 11.5. The number of hydrogen-bond acceptors (Lipinski definition) is 2. The molecule has 1 heterocycles. The van der Waals surface area contributed by atoms with Gasteiger partial charge in [0.15, 0.2) is 0 Å². The molecule has 2 rings (SSSR count). The molecule has 0 aliphatic rings. The Labute approximate surface area is 94.2 Å². The van der Waals surface area contributed by atoms with Crippen molar-refractivity contribution >= 4 is 5.84 Å². The molecule has 82 valence electrons. The van der Waals surface area contributed by atoms with Gasteiger partial charge in [0.2, 0.25) is 0 Å². The van der Waals surface area contributed by atoms with E-state index in [1.54, 1.807) is 6.20 Å². The first-order chi connectivity index (χ1) is 7.66. The number of nitrogens with zero attached hydrogens (tertiary/aromatic N) is 2. The van der Waals surface area contributed by atoms with Gasteiger partial charge in [-0.15, -0.1) is 0 Å². The predicted molar refractivity (Wildman–Crippen MR) is 63.9 cm³/mol. The van der Waals surface area contributed by atoms with Crippen molar-refractivity contribution in [2.45, 2.75) is 13.3 Å². The molecule has 3 N–H and O–H groups in total. The van der Waals surface area contributed by atoms with Gasteiger partial charge in [-0.1, -0.05) is 18.2 Å². The molecule has 0 aliphatic heterocycles. The van der Waals surface area contributed by atoms with E-state index in [0.29, 0.717) is 6.42 Å². The van der Waals surface area contributed by atoms with E-state index in [-0.39, 0.29) is 5.84 Å². The molecule has 0 unspecified atom stereocenters. The summed E-state index contributed by atoms with van der Waals surface area (Å²) in [6.45, 7) is 2.04. The van der Waals surface area contributed by atoms with Gasteiger partial charge in [-0.25, -0.2) is 4.68 Å². The van der Waals surface area contributed by atoms with Crippen molar-refractivity contribution in [2.24, 2.45) is 5.73 Å². The fourth-order valence-corrected chi connectivity index (χ4v) is 1.62. The van der Waals surface area contributed by atoms with Crippen LogP contribution in [0.15, 0.2) is 36.7 Å². The van der Waals surface area contributed by atoms with Crippen LogP contribution in [-0.4, -0.2) is 15.6 Å². The van der Waals surface area contributed by atoms with Crippen LogP contribution >= 0.6 is 0 Å². The van der Waals surface area contributed by atoms with Crippen molar-refractivity contribution in [3.63, 3.8) is 0 Å². The second kappa shape index (κ2) is 4.18. The smallest absolute Gasteiger partial charge is 0.0951 e. The maximum atomic E-state index is 7.23. The molecule has 16 heavy (non-hydrogen) atoms. The fraction of sp³-hybridized carbons (Fsp3) is 0.167. The van der Waals surface area contributed by atoms with E-state index in [9.17, 15) is 0 Å². The summed E-state index contributed by atoms with van der Waals surface area (Å²) in [7, 11) is 0. The van der Waals surface area contributed by atoms with Crippen molar-refractivity contribution in [1.29, 1.82) is 5.41 Å². The maximum Gasteiger partial charge on any atom is 0.0951 e. The average Bonchev–Trinajstić information content (AvgIpc) is 2.66. The lowest BCUT2D eigenvalue weighted by molar-refractivity contribution is 0.872. The second-order valence-electron chi connectivity index (χ2n) is 3.78. The number of benzene rings is 1. The van der Waals surface area contributed by atoms with Crippen LogP contribution in [0.25, 0.3) is 5.69 Å². The standard InChI is InChI=1S/C12H14N4/c1-9-4-2-3-5-11(9)16-8-10(7-15-16)6-12(13)14/h2-5,7-8H,6H2,1H3,(H3,13,14). The first-order valence-electron chi connectivity index (χ1n) is 5.09. The molecule has 0 spiro atoms. The van der Waals surface area contributed by atoms with Crippen molar-refractivity contribution < 1.29 is 0 Å². The Morgan fingerprint density at radius 3 is 2.88 bits per heavy atom. The Bertz CT molecular complexity index is 513. The minimum Gasteiger partial charge on any atom is -0.387 e. The fourth-order valence-electron chi connectivity index (χ4n) is 1.62. The highest BCUT2D eigenvalue weighted by molar-refractivity contribution is 5.79. The first-order valence-corrected chi connectivity index (χ1v) is 5.09. The molecule has 0 saturated heterocycles. The van der Waals surface area contributed by atoms with Gasteiger partial charge >= 0.3 is 0 Å². The molecule has 4 nitrogen and oxygen atoms in total. The molecule has 0 atom stereocenters. The van der Waals surface area contributed by atoms with E-state index in [1.165, 1.54) is 5.56 Å². The lowest BCUT2D eigenvalue weighted by atomic mass is 10.2. The van der Waals surface area contributed by atoms with Gasteiger partial charge in [0.1, 0.15) is 0 Å². The second-order valence-corrected chi connectivity index (χ2v) is 3.78. The van der Waals surface area contributed by atoms with E-state index in [1.807, 2.05) is 42.1 Å². The summed E-state index contributed by atoms with van der Waals surface area (Å²) in [5.41, 5.74) is 8.52. The molecule has 0 amide bonds. The Kier molecular flexibility index (Phi) is 2.72. The highest BCUT2D eigenvalue weighted by Gasteiger charge is 2.03. The molecular weight excluding hydrogens is 200 g/mol. The van der Waals surface area contributed by atoms with E-state index in [2.05, 4.69) is 5.10 Å². The minimum atomic E-state index is 0.157. The van der Waals surface area contributed by atoms with E-state index >= 15 is 0 Å². The summed E-state index contributed by atoms with van der Waals surface area (Å²) >= 11 is 0. The van der Waals surface area contributed by atoms with Crippen LogP contribution in [0, 0.1) is 12.3 Å². The molecule has 0 saturated carbocycles. The van der Waals surface area contributed by atoms with Crippen LogP contribution in [0.5, 0.6) is 0 Å². The van der Waals surface area contributed by atoms with E-state index < -0.39 is 0 Å². The number of para-hydroxylation sites is 1. The first kappa shape index (κ1) is 10.4. The molecule has 0 bridgehead atoms. The number of nitrogens with one attached hydrogen (secondary N) is 1. The summed E-state index contributed by atoms with van der Waals surface area (Å²) in [5, 5.41) is 11.5. The largest absolute Gasteiger partial charge is 0.387 e. The highest BCUT2D eigenvalue weighted by Crippen LogP contribution is 2.13. The normalized spacial score (nSPS) is 10.3. The Morgan fingerprint density at radius 2 is 2.19 bits per heavy atom. The molecule has 1 aromatic carbocycles. The third kappa shape index (κ3) is 2.11. The number of aryl methyl sites for hydroxylation is 1. The van der Waals surface area contributed by atoms with Gasteiger partial charge in [-0.2, -0.15) is 5.10 Å². The molecule has 2 aromatic rings. The number of rotatable bonds is 3. The van der Waals surface area contributed by atoms with Crippen LogP contribution in [0.3, 0.4) is 0 Å². The van der Waals surface area contributed by atoms with Gasteiger partial charge < -0.3 is 5.73 Å². The Hall–Kier alpha value is -2.10. The molecule has 4 heteroatoms. The maximum absolute atomic E-state index is 7.23. The summed E-state index contributed by atoms with van der Waals surface area (Å²) in [6.07, 6.45) is 4.10. The van der Waals surface area contributed by atoms with Gasteiger partial charge in [0.05, 0.1) is 17.7 Å². The number of amidine groups is 1. The summed E-state index contributed by atoms with van der Waals surface area (Å²) < 4.78 is 1.81. The van der Waals surface area contributed by atoms with Gasteiger partial charge in [-0.05, 0) is 24.1 Å². The Balaban J connectivity index is 2.32. The van der Waals surface area contributed by atoms with Crippen molar-refractivity contribution in [1.82, 2.24) is 9.78 Å². The monoisotopic (exact) mass is 214 g/mol. The lowest BCUT2D eigenvalue weighted by Crippen LogP contribution is -2.12. The average molecular weight is 214 g/mol. The Morgan fingerprint density at radius 1 is 1.44 bits per heavy atom. The molecule has 0 aliphatic carbocycles. The third-order valence-electron chi connectivity index (χ3n) is 2.39. The van der Waals surface area contributed by atoms with Crippen molar-refractivity contribution in [3.05, 3.63) is 47.8 Å². The topological polar surface area (TPSA) is 67.7 Å². The number of aromatic nitrogens is 2. The van der Waals surface area contributed by atoms with Crippen molar-refractivity contribution in [2.75, 3.05) is 0 Å². The van der Waals surface area contributed by atoms with Gasteiger partial charge in [0.25, 0.3) is 0 Å². The van der Waals surface area contributed by atoms with Crippen LogP contribution in [0.2, 0.25) is 0 Å². The predicted octanol–water partition coefficient (Wildman–Crippen LogP) is 1.66. The van der Waals surface area contributed by atoms with Gasteiger partial charge in [0, 0.05) is 12.6 Å². The SMILES string of the molecule is Cc1ccccc1-n1cc(CC(=N)N)cn1. The summed E-state index contributed by atoms with van der Waals surface area (Å²) in [5.74, 6) is 0.157. The van der Waals surface area contributed by atoms with Crippen LogP contribution < -0.4 is 5.73 Å². The minimum absolute atomic E-state index is 0.157. The highest BCUT2D eigenvalue weighted by atomic mass is 15.3. The third-order valence-corrected chi connectivity index (χ3v) is 2.39. The number of hydrogen-bond donors (Lipinski definition) is 2. The number of nitrogens with two attached hydrogens (primary N) is 1. The zero-order valence-corrected chi connectivity index (χ0v) is 9.14. The summed E-state index contributed by atoms with van der Waals surface area (Å²) in [4.78, 5) is 0. The molecule has 0 radical (unpaired) electrons.